The first-order valence-corrected chi connectivity index (χ1v) is 12.6. The van der Waals surface area contributed by atoms with Gasteiger partial charge in [0.05, 0.1) is 21.2 Å². The summed E-state index contributed by atoms with van der Waals surface area (Å²) in [5.74, 6) is -2.66. The number of thioether (sulfide) groups is 1. The third-order valence-corrected chi connectivity index (χ3v) is 7.95. The van der Waals surface area contributed by atoms with Crippen molar-refractivity contribution >= 4 is 39.3 Å². The normalized spacial score (nSPS) is 14.6. The number of carbonyl (C=O) groups excluding carboxylic acids is 1. The van der Waals surface area contributed by atoms with Gasteiger partial charge in [0.15, 0.2) is 9.84 Å². The molecule has 0 saturated carbocycles. The third-order valence-electron chi connectivity index (χ3n) is 5.21. The van der Waals surface area contributed by atoms with Crippen LogP contribution in [0.25, 0.3) is 17.5 Å². The summed E-state index contributed by atoms with van der Waals surface area (Å²) in [5, 5.41) is 16.4. The van der Waals surface area contributed by atoms with Crippen LogP contribution in [0.1, 0.15) is 11.1 Å². The lowest BCUT2D eigenvalue weighted by Gasteiger charge is -2.19. The zero-order valence-electron chi connectivity index (χ0n) is 17.7. The van der Waals surface area contributed by atoms with Crippen LogP contribution in [0.2, 0.25) is 0 Å². The van der Waals surface area contributed by atoms with Crippen molar-refractivity contribution in [3.63, 3.8) is 0 Å². The molecule has 0 spiro atoms. The molecule has 0 aliphatic carbocycles. The first kappa shape index (κ1) is 22.9. The Morgan fingerprint density at radius 2 is 1.74 bits per heavy atom. The van der Waals surface area contributed by atoms with Gasteiger partial charge in [-0.05, 0) is 47.2 Å². The summed E-state index contributed by atoms with van der Waals surface area (Å²) >= 11 is 1.18. The number of aromatic amines is 1. The van der Waals surface area contributed by atoms with Gasteiger partial charge < -0.3 is 5.32 Å². The van der Waals surface area contributed by atoms with Crippen LogP contribution in [0, 0.1) is 11.6 Å². The summed E-state index contributed by atoms with van der Waals surface area (Å²) < 4.78 is 53.5. The van der Waals surface area contributed by atoms with E-state index in [1.807, 2.05) is 0 Å². The van der Waals surface area contributed by atoms with E-state index in [-0.39, 0.29) is 4.90 Å². The highest BCUT2D eigenvalue weighted by atomic mass is 32.2. The number of amides is 1. The quantitative estimate of drug-likeness (QED) is 0.386. The topological polar surface area (TPSA) is 118 Å². The van der Waals surface area contributed by atoms with E-state index in [2.05, 4.69) is 25.9 Å². The molecule has 1 aromatic heterocycles. The molecule has 35 heavy (non-hydrogen) atoms. The van der Waals surface area contributed by atoms with Crippen molar-refractivity contribution < 1.29 is 22.0 Å². The lowest BCUT2D eigenvalue weighted by molar-refractivity contribution is -0.112. The molecule has 0 atom stereocenters. The lowest BCUT2D eigenvalue weighted by atomic mass is 10.1. The maximum absolute atomic E-state index is 14.0. The standard InChI is InChI=1S/C23H15F2N5O3S2/c24-17-2-1-3-18(25)16(17)12-35(32,33)15-8-9-20-19(11-15)26-23(31)21(34-20)10-13-4-6-14(7-5-13)22-27-29-30-28-22/h1-11H,12H2,(H,26,31)(H,27,28,29,30)/b21-10+. The number of rotatable bonds is 5. The van der Waals surface area contributed by atoms with Crippen molar-refractivity contribution in [1.29, 1.82) is 0 Å². The molecule has 8 nitrogen and oxygen atoms in total. The molecule has 4 aromatic rings. The minimum Gasteiger partial charge on any atom is -0.320 e. The van der Waals surface area contributed by atoms with Gasteiger partial charge in [0.2, 0.25) is 5.82 Å². The Morgan fingerprint density at radius 3 is 2.43 bits per heavy atom. The second kappa shape index (κ2) is 9.04. The number of fused-ring (bicyclic) bond motifs is 1. The Bertz CT molecular complexity index is 1550. The zero-order valence-corrected chi connectivity index (χ0v) is 19.3. The second-order valence-electron chi connectivity index (χ2n) is 7.54. The van der Waals surface area contributed by atoms with E-state index in [9.17, 15) is 22.0 Å². The van der Waals surface area contributed by atoms with Crippen molar-refractivity contribution in [1.82, 2.24) is 20.6 Å². The monoisotopic (exact) mass is 511 g/mol. The molecular formula is C23H15F2N5O3S2. The van der Waals surface area contributed by atoms with E-state index in [0.717, 1.165) is 23.3 Å². The SMILES string of the molecule is O=C1Nc2cc(S(=O)(=O)Cc3c(F)cccc3F)ccc2S/C1=C/c1ccc(-c2nn[nH]n2)cc1. The minimum atomic E-state index is -4.07. The van der Waals surface area contributed by atoms with Gasteiger partial charge in [0, 0.05) is 16.0 Å². The minimum absolute atomic E-state index is 0.149. The molecule has 0 radical (unpaired) electrons. The number of halogens is 2. The molecule has 0 bridgehead atoms. The Hall–Kier alpha value is -3.90. The molecule has 2 N–H and O–H groups in total. The average Bonchev–Trinajstić information content (AvgIpc) is 3.37. The lowest BCUT2D eigenvalue weighted by Crippen LogP contribution is -2.18. The smallest absolute Gasteiger partial charge is 0.262 e. The van der Waals surface area contributed by atoms with E-state index in [1.165, 1.54) is 30.0 Å². The number of nitrogens with zero attached hydrogens (tertiary/aromatic N) is 3. The number of aromatic nitrogens is 4. The van der Waals surface area contributed by atoms with Crippen LogP contribution in [0.15, 0.2) is 75.4 Å². The molecule has 0 saturated heterocycles. The van der Waals surface area contributed by atoms with Crippen molar-refractivity contribution in [2.45, 2.75) is 15.5 Å². The molecule has 0 fully saturated rings. The summed E-state index contributed by atoms with van der Waals surface area (Å²) in [6, 6.07) is 14.6. The number of sulfone groups is 1. The summed E-state index contributed by atoms with van der Waals surface area (Å²) in [6.45, 7) is 0. The van der Waals surface area contributed by atoms with Crippen molar-refractivity contribution in [3.8, 4) is 11.4 Å². The molecule has 12 heteroatoms. The predicted molar refractivity (Wildman–Crippen MR) is 126 cm³/mol. The maximum atomic E-state index is 14.0. The Morgan fingerprint density at radius 1 is 1.00 bits per heavy atom. The first-order valence-electron chi connectivity index (χ1n) is 10.1. The second-order valence-corrected chi connectivity index (χ2v) is 10.6. The number of tetrazole rings is 1. The number of H-pyrrole nitrogens is 1. The fraction of sp³-hybridized carbons (Fsp3) is 0.0435. The third kappa shape index (κ3) is 4.70. The summed E-state index contributed by atoms with van der Waals surface area (Å²) in [4.78, 5) is 13.6. The highest BCUT2D eigenvalue weighted by Gasteiger charge is 2.25. The Balaban J connectivity index is 1.38. The largest absolute Gasteiger partial charge is 0.320 e. The number of hydrogen-bond acceptors (Lipinski definition) is 7. The number of carbonyl (C=O) groups is 1. The fourth-order valence-electron chi connectivity index (χ4n) is 3.44. The van der Waals surface area contributed by atoms with Crippen LogP contribution >= 0.6 is 11.8 Å². The van der Waals surface area contributed by atoms with Crippen LogP contribution in [-0.4, -0.2) is 34.9 Å². The van der Waals surface area contributed by atoms with E-state index >= 15 is 0 Å². The van der Waals surface area contributed by atoms with Gasteiger partial charge >= 0.3 is 0 Å². The van der Waals surface area contributed by atoms with Crippen molar-refractivity contribution in [2.24, 2.45) is 0 Å². The fourth-order valence-corrected chi connectivity index (χ4v) is 5.77. The van der Waals surface area contributed by atoms with Crippen LogP contribution < -0.4 is 5.32 Å². The van der Waals surface area contributed by atoms with Crippen LogP contribution in [0.4, 0.5) is 14.5 Å². The zero-order chi connectivity index (χ0) is 24.6. The van der Waals surface area contributed by atoms with E-state index < -0.39 is 38.7 Å². The first-order chi connectivity index (χ1) is 16.8. The van der Waals surface area contributed by atoms with E-state index in [4.69, 9.17) is 0 Å². The molecule has 176 valence electrons. The van der Waals surface area contributed by atoms with Gasteiger partial charge in [-0.3, -0.25) is 4.79 Å². The number of anilines is 1. The van der Waals surface area contributed by atoms with Gasteiger partial charge in [-0.1, -0.05) is 42.1 Å². The average molecular weight is 512 g/mol. The van der Waals surface area contributed by atoms with Crippen LogP contribution in [0.3, 0.4) is 0 Å². The number of hydrogen-bond donors (Lipinski definition) is 2. The number of benzene rings is 3. The number of nitrogens with one attached hydrogen (secondary N) is 2. The molecule has 1 aliphatic rings. The van der Waals surface area contributed by atoms with Gasteiger partial charge in [0.1, 0.15) is 11.6 Å². The molecule has 1 aliphatic heterocycles. The van der Waals surface area contributed by atoms with Crippen LogP contribution in [0.5, 0.6) is 0 Å². The van der Waals surface area contributed by atoms with Crippen LogP contribution in [-0.2, 0) is 20.4 Å². The van der Waals surface area contributed by atoms with Gasteiger partial charge in [-0.25, -0.2) is 17.2 Å². The van der Waals surface area contributed by atoms with E-state index in [0.29, 0.717) is 21.3 Å². The summed E-state index contributed by atoms with van der Waals surface area (Å²) in [6.07, 6.45) is 1.70. The van der Waals surface area contributed by atoms with Gasteiger partial charge in [-0.2, -0.15) is 5.21 Å². The molecular weight excluding hydrogens is 496 g/mol. The molecule has 3 aromatic carbocycles. The highest BCUT2D eigenvalue weighted by molar-refractivity contribution is 8.04. The molecule has 2 heterocycles. The summed E-state index contributed by atoms with van der Waals surface area (Å²) in [7, 11) is -4.07. The Kier molecular flexibility index (Phi) is 5.91. The van der Waals surface area contributed by atoms with Gasteiger partial charge in [0.25, 0.3) is 5.91 Å². The molecule has 5 rings (SSSR count). The predicted octanol–water partition coefficient (Wildman–Crippen LogP) is 4.20. The highest BCUT2D eigenvalue weighted by Crippen LogP contribution is 2.40. The van der Waals surface area contributed by atoms with Crippen molar-refractivity contribution in [2.75, 3.05) is 5.32 Å². The Labute approximate surface area is 202 Å². The molecule has 1 amide bonds. The maximum Gasteiger partial charge on any atom is 0.262 e. The van der Waals surface area contributed by atoms with Gasteiger partial charge in [-0.15, -0.1) is 10.2 Å². The van der Waals surface area contributed by atoms with Crippen molar-refractivity contribution in [3.05, 3.63) is 88.3 Å². The molecule has 0 unspecified atom stereocenters. The summed E-state index contributed by atoms with van der Waals surface area (Å²) in [5.41, 5.74) is 1.30. The van der Waals surface area contributed by atoms with E-state index in [1.54, 1.807) is 36.4 Å².